The van der Waals surface area contributed by atoms with Gasteiger partial charge in [0.05, 0.1) is 0 Å². The molecule has 1 aromatic carbocycles. The monoisotopic (exact) mass is 188 g/mol. The fraction of sp³-hybridized carbons (Fsp3) is 0.333. The largest absolute Gasteiger partial charge is 0.399 e. The number of anilines is 1. The first-order valence-corrected chi connectivity index (χ1v) is 4.85. The van der Waals surface area contributed by atoms with E-state index >= 15 is 0 Å². The Bertz CT molecular complexity index is 461. The fourth-order valence-electron chi connectivity index (χ4n) is 1.55. The van der Waals surface area contributed by atoms with Gasteiger partial charge in [0, 0.05) is 22.3 Å². The van der Waals surface area contributed by atoms with Gasteiger partial charge in [-0.1, -0.05) is 26.8 Å². The predicted octanol–water partition coefficient (Wildman–Crippen LogP) is 3.05. The van der Waals surface area contributed by atoms with Gasteiger partial charge in [0.1, 0.15) is 0 Å². The Morgan fingerprint density at radius 1 is 1.14 bits per heavy atom. The zero-order chi connectivity index (χ0) is 10.3. The molecule has 0 atom stereocenters. The third kappa shape index (κ3) is 1.48. The number of nitrogen functional groups attached to an aromatic ring is 1. The Balaban J connectivity index is 2.63. The van der Waals surface area contributed by atoms with E-state index in [1.807, 2.05) is 12.1 Å². The van der Waals surface area contributed by atoms with Crippen LogP contribution >= 0.6 is 0 Å². The summed E-state index contributed by atoms with van der Waals surface area (Å²) in [7, 11) is 0. The van der Waals surface area contributed by atoms with Crippen molar-refractivity contribution in [2.75, 3.05) is 5.73 Å². The lowest BCUT2D eigenvalue weighted by Gasteiger charge is -2.15. The van der Waals surface area contributed by atoms with Crippen LogP contribution < -0.4 is 5.73 Å². The summed E-state index contributed by atoms with van der Waals surface area (Å²) in [5.41, 5.74) is 9.06. The zero-order valence-electron chi connectivity index (χ0n) is 8.89. The molecule has 2 heteroatoms. The van der Waals surface area contributed by atoms with Crippen LogP contribution in [0.3, 0.4) is 0 Å². The van der Waals surface area contributed by atoms with Gasteiger partial charge in [-0.05, 0) is 23.6 Å². The normalized spacial score (nSPS) is 12.2. The van der Waals surface area contributed by atoms with Crippen LogP contribution in [0.15, 0.2) is 24.3 Å². The first-order chi connectivity index (χ1) is 6.47. The molecule has 1 aromatic heterocycles. The summed E-state index contributed by atoms with van der Waals surface area (Å²) in [6, 6.07) is 8.15. The Labute approximate surface area is 84.1 Å². The molecule has 0 radical (unpaired) electrons. The third-order valence-electron chi connectivity index (χ3n) is 2.45. The molecule has 0 bridgehead atoms. The van der Waals surface area contributed by atoms with Crippen LogP contribution in [0.2, 0.25) is 0 Å². The second kappa shape index (κ2) is 2.77. The number of fused-ring (bicyclic) bond motifs is 1. The molecule has 2 nitrogen and oxygen atoms in total. The van der Waals surface area contributed by atoms with Gasteiger partial charge in [0.25, 0.3) is 0 Å². The van der Waals surface area contributed by atoms with Gasteiger partial charge >= 0.3 is 0 Å². The van der Waals surface area contributed by atoms with E-state index in [1.54, 1.807) is 0 Å². The van der Waals surface area contributed by atoms with Crippen LogP contribution in [0.5, 0.6) is 0 Å². The summed E-state index contributed by atoms with van der Waals surface area (Å²) < 4.78 is 0. The van der Waals surface area contributed by atoms with Crippen molar-refractivity contribution in [3.8, 4) is 0 Å². The lowest BCUT2D eigenvalue weighted by Crippen LogP contribution is -2.10. The predicted molar refractivity (Wildman–Crippen MR) is 61.4 cm³/mol. The molecule has 0 amide bonds. The number of nitrogens with one attached hydrogen (secondary N) is 1. The summed E-state index contributed by atoms with van der Waals surface area (Å²) in [6.45, 7) is 6.59. The van der Waals surface area contributed by atoms with Gasteiger partial charge in [-0.2, -0.15) is 0 Å². The van der Waals surface area contributed by atoms with Crippen LogP contribution in [0.25, 0.3) is 10.9 Å². The lowest BCUT2D eigenvalue weighted by molar-refractivity contribution is 0.574. The Morgan fingerprint density at radius 3 is 2.50 bits per heavy atom. The van der Waals surface area contributed by atoms with Crippen molar-refractivity contribution in [2.24, 2.45) is 0 Å². The smallest absolute Gasteiger partial charge is 0.0476 e. The highest BCUT2D eigenvalue weighted by Crippen LogP contribution is 2.26. The van der Waals surface area contributed by atoms with Gasteiger partial charge in [0.15, 0.2) is 0 Å². The Morgan fingerprint density at radius 2 is 1.86 bits per heavy atom. The van der Waals surface area contributed by atoms with E-state index in [4.69, 9.17) is 5.73 Å². The second-order valence-corrected chi connectivity index (χ2v) is 4.78. The lowest BCUT2D eigenvalue weighted by atomic mass is 9.92. The molecule has 2 rings (SSSR count). The first kappa shape index (κ1) is 9.13. The van der Waals surface area contributed by atoms with Gasteiger partial charge in [-0.25, -0.2) is 0 Å². The summed E-state index contributed by atoms with van der Waals surface area (Å²) >= 11 is 0. The molecule has 0 unspecified atom stereocenters. The van der Waals surface area contributed by atoms with Crippen molar-refractivity contribution in [3.05, 3.63) is 30.0 Å². The molecule has 0 spiro atoms. The van der Waals surface area contributed by atoms with Gasteiger partial charge in [-0.15, -0.1) is 0 Å². The highest BCUT2D eigenvalue weighted by Gasteiger charge is 2.15. The molecule has 0 fully saturated rings. The summed E-state index contributed by atoms with van der Waals surface area (Å²) in [4.78, 5) is 3.40. The molecule has 0 aliphatic rings. The molecule has 74 valence electrons. The summed E-state index contributed by atoms with van der Waals surface area (Å²) in [5.74, 6) is 0. The molecule has 3 N–H and O–H groups in total. The number of nitrogens with two attached hydrogens (primary N) is 1. The zero-order valence-corrected chi connectivity index (χ0v) is 8.89. The van der Waals surface area contributed by atoms with Crippen molar-refractivity contribution >= 4 is 16.6 Å². The minimum absolute atomic E-state index is 0.160. The number of aromatic nitrogens is 1. The van der Waals surface area contributed by atoms with E-state index < -0.39 is 0 Å². The van der Waals surface area contributed by atoms with Gasteiger partial charge in [-0.3, -0.25) is 0 Å². The SMILES string of the molecule is CC(C)(C)c1cc2ccc(N)cc2[nH]1. The highest BCUT2D eigenvalue weighted by molar-refractivity contribution is 5.83. The molecule has 0 saturated heterocycles. The molecule has 2 aromatic rings. The van der Waals surface area contributed by atoms with Crippen molar-refractivity contribution in [1.29, 1.82) is 0 Å². The van der Waals surface area contributed by atoms with E-state index in [2.05, 4.69) is 37.9 Å². The topological polar surface area (TPSA) is 41.8 Å². The standard InChI is InChI=1S/C12H16N2/c1-12(2,3)11-6-8-4-5-9(13)7-10(8)14-11/h4-7,14H,13H2,1-3H3. The first-order valence-electron chi connectivity index (χ1n) is 4.85. The Kier molecular flexibility index (Phi) is 1.81. The quantitative estimate of drug-likeness (QED) is 0.613. The van der Waals surface area contributed by atoms with E-state index in [1.165, 1.54) is 11.1 Å². The minimum Gasteiger partial charge on any atom is -0.399 e. The number of H-pyrrole nitrogens is 1. The van der Waals surface area contributed by atoms with Gasteiger partial charge < -0.3 is 10.7 Å². The molecule has 0 aliphatic heterocycles. The third-order valence-corrected chi connectivity index (χ3v) is 2.45. The highest BCUT2D eigenvalue weighted by atomic mass is 14.7. The van der Waals surface area contributed by atoms with E-state index in [-0.39, 0.29) is 5.41 Å². The Hall–Kier alpha value is -1.44. The molecule has 1 heterocycles. The van der Waals surface area contributed by atoms with Crippen molar-refractivity contribution in [2.45, 2.75) is 26.2 Å². The maximum Gasteiger partial charge on any atom is 0.0476 e. The number of hydrogen-bond acceptors (Lipinski definition) is 1. The summed E-state index contributed by atoms with van der Waals surface area (Å²) in [5, 5.41) is 1.23. The maximum absolute atomic E-state index is 5.72. The average molecular weight is 188 g/mol. The van der Waals surface area contributed by atoms with E-state index in [0.717, 1.165) is 11.2 Å². The molecular formula is C12H16N2. The molecule has 14 heavy (non-hydrogen) atoms. The average Bonchev–Trinajstić information content (AvgIpc) is 2.45. The molecular weight excluding hydrogens is 172 g/mol. The van der Waals surface area contributed by atoms with Crippen LogP contribution in [-0.2, 0) is 5.41 Å². The number of hydrogen-bond donors (Lipinski definition) is 2. The van der Waals surface area contributed by atoms with Crippen LogP contribution in [0.1, 0.15) is 26.5 Å². The van der Waals surface area contributed by atoms with Crippen molar-refractivity contribution in [1.82, 2.24) is 4.98 Å². The summed E-state index contributed by atoms with van der Waals surface area (Å²) in [6.07, 6.45) is 0. The number of rotatable bonds is 0. The van der Waals surface area contributed by atoms with Crippen molar-refractivity contribution < 1.29 is 0 Å². The van der Waals surface area contributed by atoms with E-state index in [9.17, 15) is 0 Å². The maximum atomic E-state index is 5.72. The van der Waals surface area contributed by atoms with Crippen molar-refractivity contribution in [3.63, 3.8) is 0 Å². The van der Waals surface area contributed by atoms with Crippen LogP contribution in [0, 0.1) is 0 Å². The molecule has 0 saturated carbocycles. The van der Waals surface area contributed by atoms with E-state index in [0.29, 0.717) is 0 Å². The van der Waals surface area contributed by atoms with Crippen LogP contribution in [-0.4, -0.2) is 4.98 Å². The van der Waals surface area contributed by atoms with Gasteiger partial charge in [0.2, 0.25) is 0 Å². The molecule has 0 aliphatic carbocycles. The van der Waals surface area contributed by atoms with Crippen LogP contribution in [0.4, 0.5) is 5.69 Å². The number of benzene rings is 1. The number of aromatic amines is 1. The second-order valence-electron chi connectivity index (χ2n) is 4.78. The minimum atomic E-state index is 0.160. The fourth-order valence-corrected chi connectivity index (χ4v) is 1.55.